The van der Waals surface area contributed by atoms with Gasteiger partial charge in [0, 0.05) is 5.56 Å². The quantitative estimate of drug-likeness (QED) is 0.514. The van der Waals surface area contributed by atoms with E-state index < -0.39 is 5.97 Å². The highest BCUT2D eigenvalue weighted by Gasteiger charge is 2.27. The normalized spacial score (nSPS) is 16.4. The number of benzene rings is 2. The smallest absolute Gasteiger partial charge is 0.363 e. The van der Waals surface area contributed by atoms with Crippen LogP contribution in [0.1, 0.15) is 63.8 Å². The van der Waals surface area contributed by atoms with Crippen LogP contribution in [0.2, 0.25) is 0 Å². The molecule has 0 aliphatic carbocycles. The van der Waals surface area contributed by atoms with E-state index in [4.69, 9.17) is 4.74 Å². The summed E-state index contributed by atoms with van der Waals surface area (Å²) in [6, 6.07) is 16.1. The molecule has 0 saturated carbocycles. The van der Waals surface area contributed by atoms with Gasteiger partial charge >= 0.3 is 5.97 Å². The second kappa shape index (κ2) is 6.80. The van der Waals surface area contributed by atoms with E-state index in [0.717, 1.165) is 11.1 Å². The molecule has 0 spiro atoms. The Hall–Kier alpha value is -2.68. The molecule has 1 aliphatic rings. The lowest BCUT2D eigenvalue weighted by Crippen LogP contribution is -2.18. The molecule has 0 atom stereocenters. The average molecular weight is 361 g/mol. The molecule has 2 aromatic rings. The van der Waals surface area contributed by atoms with Crippen molar-refractivity contribution < 1.29 is 9.53 Å². The Morgan fingerprint density at radius 3 is 1.93 bits per heavy atom. The van der Waals surface area contributed by atoms with Gasteiger partial charge < -0.3 is 4.74 Å². The molecule has 2 aromatic carbocycles. The molecule has 0 fully saturated rings. The van der Waals surface area contributed by atoms with Gasteiger partial charge in [-0.1, -0.05) is 77.9 Å². The highest BCUT2D eigenvalue weighted by atomic mass is 16.6. The Morgan fingerprint density at radius 1 is 0.852 bits per heavy atom. The Morgan fingerprint density at radius 2 is 1.41 bits per heavy atom. The Labute approximate surface area is 161 Å². The van der Waals surface area contributed by atoms with E-state index in [1.54, 1.807) is 6.08 Å². The van der Waals surface area contributed by atoms with Gasteiger partial charge in [-0.15, -0.1) is 0 Å². The number of ether oxygens (including phenoxy) is 1. The fraction of sp³-hybridized carbons (Fsp3) is 0.333. The first-order valence-electron chi connectivity index (χ1n) is 9.28. The highest BCUT2D eigenvalue weighted by Crippen LogP contribution is 2.31. The SMILES string of the molecule is CC(C)(C)c1cc(C2=N/C(=C\c3ccccc3)C(=O)O2)cc(C(C)(C)C)c1. The van der Waals surface area contributed by atoms with Crippen molar-refractivity contribution in [2.75, 3.05) is 0 Å². The summed E-state index contributed by atoms with van der Waals surface area (Å²) in [4.78, 5) is 16.8. The van der Waals surface area contributed by atoms with E-state index in [1.165, 1.54) is 11.1 Å². The van der Waals surface area contributed by atoms with Gasteiger partial charge in [0.1, 0.15) is 0 Å². The maximum atomic E-state index is 12.3. The third-order valence-corrected chi connectivity index (χ3v) is 4.64. The van der Waals surface area contributed by atoms with Crippen molar-refractivity contribution in [2.24, 2.45) is 4.99 Å². The minimum Gasteiger partial charge on any atom is -0.402 e. The van der Waals surface area contributed by atoms with Crippen molar-refractivity contribution in [3.05, 3.63) is 76.5 Å². The van der Waals surface area contributed by atoms with E-state index in [9.17, 15) is 4.79 Å². The van der Waals surface area contributed by atoms with Gasteiger partial charge in [-0.3, -0.25) is 0 Å². The maximum Gasteiger partial charge on any atom is 0.363 e. The lowest BCUT2D eigenvalue weighted by molar-refractivity contribution is -0.129. The molecule has 3 rings (SSSR count). The minimum absolute atomic E-state index is 0.0120. The van der Waals surface area contributed by atoms with Gasteiger partial charge in [-0.05, 0) is 45.7 Å². The summed E-state index contributed by atoms with van der Waals surface area (Å²) >= 11 is 0. The largest absolute Gasteiger partial charge is 0.402 e. The van der Waals surface area contributed by atoms with Crippen LogP contribution in [0.15, 0.2) is 59.2 Å². The second-order valence-corrected chi connectivity index (χ2v) is 9.05. The van der Waals surface area contributed by atoms with Gasteiger partial charge in [-0.2, -0.15) is 0 Å². The Balaban J connectivity index is 2.07. The molecule has 0 amide bonds. The molecule has 0 radical (unpaired) electrons. The molecule has 1 heterocycles. The van der Waals surface area contributed by atoms with E-state index in [0.29, 0.717) is 11.6 Å². The minimum atomic E-state index is -0.410. The first kappa shape index (κ1) is 19.1. The predicted molar refractivity (Wildman–Crippen MR) is 111 cm³/mol. The van der Waals surface area contributed by atoms with Crippen molar-refractivity contribution in [3.8, 4) is 0 Å². The third-order valence-electron chi connectivity index (χ3n) is 4.64. The number of carbonyl (C=O) groups excluding carboxylic acids is 1. The summed E-state index contributed by atoms with van der Waals surface area (Å²) in [7, 11) is 0. The molecule has 0 bridgehead atoms. The molecule has 0 saturated heterocycles. The lowest BCUT2D eigenvalue weighted by Gasteiger charge is -2.26. The summed E-state index contributed by atoms with van der Waals surface area (Å²) in [6.07, 6.45) is 1.76. The zero-order valence-corrected chi connectivity index (χ0v) is 17.0. The molecule has 0 N–H and O–H groups in total. The van der Waals surface area contributed by atoms with E-state index in [-0.39, 0.29) is 10.8 Å². The summed E-state index contributed by atoms with van der Waals surface area (Å²) in [5, 5.41) is 0. The number of nitrogens with zero attached hydrogens (tertiary/aromatic N) is 1. The van der Waals surface area contributed by atoms with Crippen molar-refractivity contribution in [1.82, 2.24) is 0 Å². The van der Waals surface area contributed by atoms with Crippen molar-refractivity contribution in [1.29, 1.82) is 0 Å². The van der Waals surface area contributed by atoms with Crippen LogP contribution >= 0.6 is 0 Å². The average Bonchev–Trinajstić information content (AvgIpc) is 2.95. The van der Waals surface area contributed by atoms with Crippen LogP contribution in [-0.4, -0.2) is 11.9 Å². The summed E-state index contributed by atoms with van der Waals surface area (Å²) < 4.78 is 5.51. The highest BCUT2D eigenvalue weighted by molar-refractivity contribution is 6.13. The zero-order valence-electron chi connectivity index (χ0n) is 17.0. The van der Waals surface area contributed by atoms with Crippen LogP contribution in [-0.2, 0) is 20.4 Å². The lowest BCUT2D eigenvalue weighted by atomic mass is 9.79. The van der Waals surface area contributed by atoms with Gasteiger partial charge in [0.05, 0.1) is 0 Å². The summed E-state index contributed by atoms with van der Waals surface area (Å²) in [6.45, 7) is 13.1. The third kappa shape index (κ3) is 4.36. The van der Waals surface area contributed by atoms with Crippen LogP contribution in [0.4, 0.5) is 0 Å². The van der Waals surface area contributed by atoms with Crippen LogP contribution in [0.3, 0.4) is 0 Å². The van der Waals surface area contributed by atoms with E-state index in [2.05, 4.69) is 64.7 Å². The van der Waals surface area contributed by atoms with Crippen molar-refractivity contribution in [3.63, 3.8) is 0 Å². The molecule has 140 valence electrons. The van der Waals surface area contributed by atoms with Gasteiger partial charge in [0.15, 0.2) is 5.70 Å². The van der Waals surface area contributed by atoms with Gasteiger partial charge in [-0.25, -0.2) is 9.79 Å². The number of esters is 1. The van der Waals surface area contributed by atoms with Crippen LogP contribution in [0, 0.1) is 0 Å². The van der Waals surface area contributed by atoms with Crippen LogP contribution in [0.25, 0.3) is 6.08 Å². The molecule has 0 aromatic heterocycles. The zero-order chi connectivity index (χ0) is 19.8. The van der Waals surface area contributed by atoms with Gasteiger partial charge in [0.2, 0.25) is 5.90 Å². The first-order valence-corrected chi connectivity index (χ1v) is 9.28. The van der Waals surface area contributed by atoms with Crippen molar-refractivity contribution >= 4 is 17.9 Å². The number of hydrogen-bond acceptors (Lipinski definition) is 3. The number of hydrogen-bond donors (Lipinski definition) is 0. The number of cyclic esters (lactones) is 1. The second-order valence-electron chi connectivity index (χ2n) is 9.05. The standard InChI is InChI=1S/C24H27NO2/c1-23(2,3)18-13-17(14-19(15-18)24(4,5)6)21-25-20(22(26)27-21)12-16-10-8-7-9-11-16/h7-15H,1-6H3/b20-12-. The van der Waals surface area contributed by atoms with Crippen LogP contribution in [0.5, 0.6) is 0 Å². The number of aliphatic imine (C=N–C) groups is 1. The maximum absolute atomic E-state index is 12.3. The van der Waals surface area contributed by atoms with E-state index >= 15 is 0 Å². The number of carbonyl (C=O) groups is 1. The van der Waals surface area contributed by atoms with E-state index in [1.807, 2.05) is 30.3 Å². The fourth-order valence-electron chi connectivity index (χ4n) is 2.86. The molecule has 0 unspecified atom stereocenters. The first-order chi connectivity index (χ1) is 12.5. The molecule has 27 heavy (non-hydrogen) atoms. The fourth-order valence-corrected chi connectivity index (χ4v) is 2.86. The topological polar surface area (TPSA) is 38.7 Å². The van der Waals surface area contributed by atoms with Gasteiger partial charge in [0.25, 0.3) is 0 Å². The molecule has 3 heteroatoms. The number of rotatable bonds is 2. The van der Waals surface area contributed by atoms with Crippen molar-refractivity contribution in [2.45, 2.75) is 52.4 Å². The summed E-state index contributed by atoms with van der Waals surface area (Å²) in [5.74, 6) is -0.0360. The van der Waals surface area contributed by atoms with Crippen LogP contribution < -0.4 is 0 Å². The Bertz CT molecular complexity index is 891. The molecular formula is C24H27NO2. The monoisotopic (exact) mass is 361 g/mol. The summed E-state index contributed by atoms with van der Waals surface area (Å²) in [5.41, 5.74) is 4.47. The predicted octanol–water partition coefficient (Wildman–Crippen LogP) is 5.63. The Kier molecular flexibility index (Phi) is 4.81. The molecular weight excluding hydrogens is 334 g/mol. The molecule has 1 aliphatic heterocycles. The molecule has 3 nitrogen and oxygen atoms in total.